The van der Waals surface area contributed by atoms with Crippen LogP contribution in [0.25, 0.3) is 0 Å². The average Bonchev–Trinajstić information content (AvgIpc) is 3.20. The van der Waals surface area contributed by atoms with E-state index in [9.17, 15) is 9.59 Å². The van der Waals surface area contributed by atoms with Gasteiger partial charge in [0.05, 0.1) is 37.2 Å². The summed E-state index contributed by atoms with van der Waals surface area (Å²) in [5.74, 6) is -0.131. The van der Waals surface area contributed by atoms with Gasteiger partial charge in [0, 0.05) is 41.6 Å². The third-order valence-corrected chi connectivity index (χ3v) is 7.30. The summed E-state index contributed by atoms with van der Waals surface area (Å²) in [4.78, 5) is 30.4. The molecule has 1 atom stereocenters. The highest BCUT2D eigenvalue weighted by Crippen LogP contribution is 2.24. The van der Waals surface area contributed by atoms with Gasteiger partial charge >= 0.3 is 5.97 Å². The number of amides is 1. The number of halogens is 2. The van der Waals surface area contributed by atoms with Crippen molar-refractivity contribution in [2.75, 3.05) is 38.6 Å². The van der Waals surface area contributed by atoms with Gasteiger partial charge in [0.1, 0.15) is 0 Å². The largest absolute Gasteiger partial charge is 0.466 e. The van der Waals surface area contributed by atoms with E-state index in [1.165, 1.54) is 23.1 Å². The van der Waals surface area contributed by atoms with Crippen LogP contribution in [0.15, 0.2) is 27.9 Å². The predicted octanol–water partition coefficient (Wildman–Crippen LogP) is 3.66. The first kappa shape index (κ1) is 25.3. The van der Waals surface area contributed by atoms with Gasteiger partial charge in [-0.3, -0.25) is 14.5 Å². The number of ether oxygens (including phenoxy) is 2. The summed E-state index contributed by atoms with van der Waals surface area (Å²) in [6, 6.07) is 5.52. The third kappa shape index (κ3) is 8.20. The standard InChI is InChI=1S/C21H25Cl2N3O4S2/c1-2-29-20(28)8-16-12-31-21(25-16)32-13-19(27)24-9-17-11-26(5-6-30-17)10-14-3-4-15(22)7-18(14)23/h3-4,7,12,17H,2,5-6,8-11,13H2,1H3,(H,24,27)/t17-/m0/s1. The van der Waals surface area contributed by atoms with Crippen molar-refractivity contribution in [2.45, 2.75) is 30.3 Å². The molecule has 0 aliphatic carbocycles. The Kier molecular flexibility index (Phi) is 10.1. The van der Waals surface area contributed by atoms with Crippen LogP contribution in [0, 0.1) is 0 Å². The van der Waals surface area contributed by atoms with Gasteiger partial charge in [-0.2, -0.15) is 0 Å². The van der Waals surface area contributed by atoms with Gasteiger partial charge in [-0.25, -0.2) is 4.98 Å². The maximum Gasteiger partial charge on any atom is 0.311 e. The van der Waals surface area contributed by atoms with Crippen LogP contribution in [-0.2, 0) is 32.0 Å². The molecule has 1 aromatic heterocycles. The molecule has 11 heteroatoms. The lowest BCUT2D eigenvalue weighted by atomic mass is 10.2. The molecular weight excluding hydrogens is 493 g/mol. The number of aromatic nitrogens is 1. The molecule has 2 aromatic rings. The van der Waals surface area contributed by atoms with E-state index in [1.807, 2.05) is 17.5 Å². The summed E-state index contributed by atoms with van der Waals surface area (Å²) in [5.41, 5.74) is 1.68. The molecule has 32 heavy (non-hydrogen) atoms. The van der Waals surface area contributed by atoms with Crippen molar-refractivity contribution in [2.24, 2.45) is 0 Å². The van der Waals surface area contributed by atoms with Crippen molar-refractivity contribution in [1.29, 1.82) is 0 Å². The molecule has 0 unspecified atom stereocenters. The second-order valence-corrected chi connectivity index (χ2v) is 10.1. The molecule has 0 saturated carbocycles. The molecule has 0 spiro atoms. The van der Waals surface area contributed by atoms with Crippen LogP contribution >= 0.6 is 46.3 Å². The Balaban J connectivity index is 1.38. The monoisotopic (exact) mass is 517 g/mol. The van der Waals surface area contributed by atoms with E-state index >= 15 is 0 Å². The minimum atomic E-state index is -0.299. The smallest absolute Gasteiger partial charge is 0.311 e. The highest BCUT2D eigenvalue weighted by atomic mass is 35.5. The number of nitrogens with zero attached hydrogens (tertiary/aromatic N) is 2. The van der Waals surface area contributed by atoms with Gasteiger partial charge in [0.2, 0.25) is 5.91 Å². The molecule has 3 rings (SSSR count). The summed E-state index contributed by atoms with van der Waals surface area (Å²) in [6.07, 6.45) is 0.0632. The Bertz CT molecular complexity index is 928. The lowest BCUT2D eigenvalue weighted by Gasteiger charge is -2.33. The van der Waals surface area contributed by atoms with Gasteiger partial charge in [-0.05, 0) is 24.6 Å². The zero-order valence-electron chi connectivity index (χ0n) is 17.6. The third-order valence-electron chi connectivity index (χ3n) is 4.65. The van der Waals surface area contributed by atoms with Gasteiger partial charge < -0.3 is 14.8 Å². The summed E-state index contributed by atoms with van der Waals surface area (Å²) in [7, 11) is 0. The van der Waals surface area contributed by atoms with Crippen LogP contribution < -0.4 is 5.32 Å². The number of esters is 1. The zero-order chi connectivity index (χ0) is 22.9. The van der Waals surface area contributed by atoms with Crippen LogP contribution in [0.4, 0.5) is 0 Å². The number of hydrogen-bond donors (Lipinski definition) is 1. The molecule has 1 aliphatic rings. The molecule has 1 aliphatic heterocycles. The predicted molar refractivity (Wildman–Crippen MR) is 128 cm³/mol. The molecule has 174 valence electrons. The van der Waals surface area contributed by atoms with Crippen LogP contribution in [-0.4, -0.2) is 66.5 Å². The minimum absolute atomic E-state index is 0.0835. The number of nitrogens with one attached hydrogen (secondary N) is 1. The summed E-state index contributed by atoms with van der Waals surface area (Å²) >= 11 is 15.0. The SMILES string of the molecule is CCOC(=O)Cc1csc(SCC(=O)NC[C@H]2CN(Cc3ccc(Cl)cc3Cl)CCO2)n1. The highest BCUT2D eigenvalue weighted by molar-refractivity contribution is 8.01. The molecule has 1 fully saturated rings. The molecular formula is C21H25Cl2N3O4S2. The van der Waals surface area contributed by atoms with Crippen molar-refractivity contribution in [3.63, 3.8) is 0 Å². The molecule has 0 radical (unpaired) electrons. The maximum absolute atomic E-state index is 12.2. The first-order chi connectivity index (χ1) is 15.4. The molecule has 1 amide bonds. The molecule has 1 saturated heterocycles. The van der Waals surface area contributed by atoms with E-state index < -0.39 is 0 Å². The van der Waals surface area contributed by atoms with Gasteiger partial charge in [-0.1, -0.05) is 41.0 Å². The van der Waals surface area contributed by atoms with E-state index in [2.05, 4.69) is 15.2 Å². The van der Waals surface area contributed by atoms with E-state index in [0.29, 0.717) is 48.6 Å². The first-order valence-corrected chi connectivity index (χ1v) is 12.8. The first-order valence-electron chi connectivity index (χ1n) is 10.2. The van der Waals surface area contributed by atoms with Gasteiger partial charge in [0.25, 0.3) is 0 Å². The summed E-state index contributed by atoms with van der Waals surface area (Å²) in [5, 5.41) is 6.01. The van der Waals surface area contributed by atoms with E-state index in [-0.39, 0.29) is 30.2 Å². The lowest BCUT2D eigenvalue weighted by molar-refractivity contribution is -0.142. The normalized spacial score (nSPS) is 16.7. The molecule has 1 N–H and O–H groups in total. The summed E-state index contributed by atoms with van der Waals surface area (Å²) in [6.45, 7) is 5.37. The molecule has 0 bridgehead atoms. The number of benzene rings is 1. The Morgan fingerprint density at radius 1 is 1.41 bits per heavy atom. The number of thioether (sulfide) groups is 1. The average molecular weight is 518 g/mol. The number of rotatable bonds is 10. The van der Waals surface area contributed by atoms with Crippen LogP contribution in [0.3, 0.4) is 0 Å². The van der Waals surface area contributed by atoms with Crippen molar-refractivity contribution >= 4 is 58.2 Å². The second-order valence-electron chi connectivity index (χ2n) is 7.14. The van der Waals surface area contributed by atoms with Gasteiger partial charge in [0.15, 0.2) is 4.34 Å². The molecule has 7 nitrogen and oxygen atoms in total. The Morgan fingerprint density at radius 3 is 3.03 bits per heavy atom. The second kappa shape index (κ2) is 12.8. The van der Waals surface area contributed by atoms with Crippen LogP contribution in [0.2, 0.25) is 10.0 Å². The number of morpholine rings is 1. The van der Waals surface area contributed by atoms with Crippen molar-refractivity contribution in [3.8, 4) is 0 Å². The van der Waals surface area contributed by atoms with Crippen molar-refractivity contribution in [1.82, 2.24) is 15.2 Å². The number of hydrogen-bond acceptors (Lipinski definition) is 8. The van der Waals surface area contributed by atoms with Crippen LogP contribution in [0.5, 0.6) is 0 Å². The summed E-state index contributed by atoms with van der Waals surface area (Å²) < 4.78 is 11.5. The van der Waals surface area contributed by atoms with Crippen molar-refractivity contribution < 1.29 is 19.1 Å². The number of thiazole rings is 1. The zero-order valence-corrected chi connectivity index (χ0v) is 20.8. The van der Waals surface area contributed by atoms with Crippen LogP contribution in [0.1, 0.15) is 18.2 Å². The highest BCUT2D eigenvalue weighted by Gasteiger charge is 2.22. The minimum Gasteiger partial charge on any atom is -0.466 e. The maximum atomic E-state index is 12.2. The fraction of sp³-hybridized carbons (Fsp3) is 0.476. The fourth-order valence-corrected chi connectivity index (χ4v) is 5.28. The Morgan fingerprint density at radius 2 is 2.25 bits per heavy atom. The van der Waals surface area contributed by atoms with Gasteiger partial charge in [-0.15, -0.1) is 11.3 Å². The fourth-order valence-electron chi connectivity index (χ4n) is 3.14. The number of carbonyl (C=O) groups excluding carboxylic acids is 2. The molecule has 1 aromatic carbocycles. The van der Waals surface area contributed by atoms with E-state index in [4.69, 9.17) is 32.7 Å². The number of carbonyl (C=O) groups is 2. The van der Waals surface area contributed by atoms with E-state index in [0.717, 1.165) is 16.4 Å². The quantitative estimate of drug-likeness (QED) is 0.380. The Labute approximate surface area is 205 Å². The van der Waals surface area contributed by atoms with E-state index in [1.54, 1.807) is 13.0 Å². The lowest BCUT2D eigenvalue weighted by Crippen LogP contribution is -2.47. The topological polar surface area (TPSA) is 80.8 Å². The molecule has 2 heterocycles. The van der Waals surface area contributed by atoms with Crippen molar-refractivity contribution in [3.05, 3.63) is 44.9 Å². The Hall–Kier alpha value is -1.36.